The zero-order chi connectivity index (χ0) is 19.3. The van der Waals surface area contributed by atoms with Gasteiger partial charge in [-0.15, -0.1) is 23.7 Å². The van der Waals surface area contributed by atoms with Gasteiger partial charge in [0.1, 0.15) is 29.2 Å². The fraction of sp³-hybridized carbons (Fsp3) is 0.375. The van der Waals surface area contributed by atoms with E-state index in [0.29, 0.717) is 5.01 Å². The molecule has 1 amide bonds. The minimum atomic E-state index is -4.42. The Morgan fingerprint density at radius 2 is 2.00 bits per heavy atom. The minimum absolute atomic E-state index is 0. The summed E-state index contributed by atoms with van der Waals surface area (Å²) in [5.74, 6) is -0.173. The summed E-state index contributed by atoms with van der Waals surface area (Å²) in [5, 5.41) is 12.2. The Balaban J connectivity index is 0.00000364. The van der Waals surface area contributed by atoms with E-state index in [1.165, 1.54) is 35.4 Å². The molecule has 0 spiro atoms. The van der Waals surface area contributed by atoms with Crippen LogP contribution in [0.15, 0.2) is 29.6 Å². The maximum atomic E-state index is 12.5. The van der Waals surface area contributed by atoms with E-state index in [2.05, 4.69) is 4.98 Å². The van der Waals surface area contributed by atoms with Crippen LogP contribution >= 0.6 is 23.7 Å². The normalized spacial score (nSPS) is 12.2. The van der Waals surface area contributed by atoms with Crippen LogP contribution in [0.2, 0.25) is 0 Å². The molecule has 0 saturated heterocycles. The van der Waals surface area contributed by atoms with Crippen LogP contribution in [0, 0.1) is 0 Å². The summed E-state index contributed by atoms with van der Waals surface area (Å²) in [6.45, 7) is 0.0499. The lowest BCUT2D eigenvalue weighted by atomic mass is 10.2. The Labute approximate surface area is 164 Å². The topological polar surface area (TPSA) is 88.7 Å². The van der Waals surface area contributed by atoms with Gasteiger partial charge in [-0.05, 0) is 24.3 Å². The lowest BCUT2D eigenvalue weighted by molar-refractivity contribution is -0.137. The van der Waals surface area contributed by atoms with E-state index in [-0.39, 0.29) is 49.5 Å². The second kappa shape index (κ2) is 9.88. The first-order valence-corrected chi connectivity index (χ1v) is 8.46. The highest BCUT2D eigenvalue weighted by Gasteiger charge is 2.30. The largest absolute Gasteiger partial charge is 0.491 e. The van der Waals surface area contributed by atoms with Crippen molar-refractivity contribution in [2.45, 2.75) is 18.8 Å². The number of hydrogen-bond donors (Lipinski definition) is 2. The van der Waals surface area contributed by atoms with Crippen molar-refractivity contribution >= 4 is 29.7 Å². The van der Waals surface area contributed by atoms with E-state index in [1.54, 1.807) is 5.38 Å². The molecule has 1 aromatic carbocycles. The van der Waals surface area contributed by atoms with Gasteiger partial charge in [0.25, 0.3) is 5.91 Å². The number of aromatic nitrogens is 1. The van der Waals surface area contributed by atoms with Crippen molar-refractivity contribution in [1.82, 2.24) is 9.88 Å². The number of rotatable bonds is 7. The van der Waals surface area contributed by atoms with E-state index in [1.807, 2.05) is 0 Å². The molecule has 0 aliphatic carbocycles. The Morgan fingerprint density at radius 3 is 2.52 bits per heavy atom. The molecule has 0 radical (unpaired) electrons. The molecule has 2 rings (SSSR count). The van der Waals surface area contributed by atoms with Crippen molar-refractivity contribution in [1.29, 1.82) is 0 Å². The second-order valence-electron chi connectivity index (χ2n) is 5.50. The molecule has 1 atom stereocenters. The van der Waals surface area contributed by atoms with Crippen molar-refractivity contribution in [3.63, 3.8) is 0 Å². The molecule has 0 aliphatic rings. The summed E-state index contributed by atoms with van der Waals surface area (Å²) >= 11 is 1.27. The molecule has 150 valence electrons. The van der Waals surface area contributed by atoms with Crippen molar-refractivity contribution in [3.05, 3.63) is 45.9 Å². The first kappa shape index (κ1) is 23.2. The Hall–Kier alpha value is -1.88. The van der Waals surface area contributed by atoms with E-state index in [9.17, 15) is 23.1 Å². The number of hydrogen-bond acceptors (Lipinski definition) is 6. The van der Waals surface area contributed by atoms with Gasteiger partial charge < -0.3 is 20.5 Å². The number of ether oxygens (including phenoxy) is 1. The van der Waals surface area contributed by atoms with Crippen LogP contribution in [0.4, 0.5) is 13.2 Å². The SMILES string of the molecule is CN(CC(O)COc1ccc(C(F)(F)F)cc1)C(=O)c1csc(CN)n1.Cl. The highest BCUT2D eigenvalue weighted by atomic mass is 35.5. The van der Waals surface area contributed by atoms with Gasteiger partial charge in [-0.2, -0.15) is 13.2 Å². The van der Waals surface area contributed by atoms with Gasteiger partial charge in [-0.1, -0.05) is 0 Å². The summed E-state index contributed by atoms with van der Waals surface area (Å²) < 4.78 is 42.7. The monoisotopic (exact) mass is 425 g/mol. The zero-order valence-electron chi connectivity index (χ0n) is 14.3. The number of carbonyl (C=O) groups is 1. The standard InChI is InChI=1S/C16H18F3N3O3S.ClH/c1-22(15(24)13-9-26-14(6-20)21-13)7-11(23)8-25-12-4-2-10(3-5-12)16(17,18)19;/h2-5,9,11,23H,6-8,20H2,1H3;1H. The number of aliphatic hydroxyl groups excluding tert-OH is 1. The summed E-state index contributed by atoms with van der Waals surface area (Å²) in [4.78, 5) is 17.5. The quantitative estimate of drug-likeness (QED) is 0.711. The van der Waals surface area contributed by atoms with Gasteiger partial charge in [0.2, 0.25) is 0 Å². The molecule has 0 saturated carbocycles. The number of halogens is 4. The molecule has 1 heterocycles. The number of thiazole rings is 1. The number of carbonyl (C=O) groups excluding carboxylic acids is 1. The third-order valence-electron chi connectivity index (χ3n) is 3.40. The van der Waals surface area contributed by atoms with Crippen LogP contribution in [0.25, 0.3) is 0 Å². The predicted molar refractivity (Wildman–Crippen MR) is 97.2 cm³/mol. The van der Waals surface area contributed by atoms with Gasteiger partial charge in [0, 0.05) is 25.5 Å². The molecule has 1 unspecified atom stereocenters. The maximum Gasteiger partial charge on any atom is 0.416 e. The fourth-order valence-electron chi connectivity index (χ4n) is 2.08. The highest BCUT2D eigenvalue weighted by molar-refractivity contribution is 7.09. The van der Waals surface area contributed by atoms with E-state index in [0.717, 1.165) is 12.1 Å². The zero-order valence-corrected chi connectivity index (χ0v) is 15.9. The molecule has 0 fully saturated rings. The summed E-state index contributed by atoms with van der Waals surface area (Å²) in [6, 6.07) is 4.14. The Kier molecular flexibility index (Phi) is 8.48. The third-order valence-corrected chi connectivity index (χ3v) is 4.27. The smallest absolute Gasteiger partial charge is 0.416 e. The molecule has 2 aromatic rings. The average Bonchev–Trinajstić information content (AvgIpc) is 3.08. The van der Waals surface area contributed by atoms with Crippen LogP contribution in [-0.2, 0) is 12.7 Å². The van der Waals surface area contributed by atoms with E-state index < -0.39 is 17.8 Å². The summed E-state index contributed by atoms with van der Waals surface area (Å²) in [5.41, 5.74) is 4.91. The van der Waals surface area contributed by atoms with Crippen LogP contribution < -0.4 is 10.5 Å². The van der Waals surface area contributed by atoms with Crippen LogP contribution in [0.1, 0.15) is 21.1 Å². The first-order chi connectivity index (χ1) is 12.2. The second-order valence-corrected chi connectivity index (χ2v) is 6.45. The fourth-order valence-corrected chi connectivity index (χ4v) is 2.73. The highest BCUT2D eigenvalue weighted by Crippen LogP contribution is 2.30. The molecule has 27 heavy (non-hydrogen) atoms. The lowest BCUT2D eigenvalue weighted by Crippen LogP contribution is -2.37. The van der Waals surface area contributed by atoms with Gasteiger partial charge in [-0.3, -0.25) is 4.79 Å². The van der Waals surface area contributed by atoms with Gasteiger partial charge >= 0.3 is 6.18 Å². The Bertz CT molecular complexity index is 741. The number of nitrogens with zero attached hydrogens (tertiary/aromatic N) is 2. The van der Waals surface area contributed by atoms with Crippen LogP contribution in [-0.4, -0.2) is 47.2 Å². The summed E-state index contributed by atoms with van der Waals surface area (Å²) in [6.07, 6.45) is -5.43. The van der Waals surface area contributed by atoms with Crippen molar-refractivity contribution < 1.29 is 27.8 Å². The number of nitrogens with two attached hydrogens (primary N) is 1. The van der Waals surface area contributed by atoms with Gasteiger partial charge in [0.15, 0.2) is 0 Å². The molecule has 11 heteroatoms. The Morgan fingerprint density at radius 1 is 1.37 bits per heavy atom. The lowest BCUT2D eigenvalue weighted by Gasteiger charge is -2.20. The number of benzene rings is 1. The van der Waals surface area contributed by atoms with Crippen molar-refractivity contribution in [2.24, 2.45) is 5.73 Å². The van der Waals surface area contributed by atoms with E-state index >= 15 is 0 Å². The van der Waals surface area contributed by atoms with E-state index in [4.69, 9.17) is 10.5 Å². The third kappa shape index (κ3) is 6.65. The number of aliphatic hydroxyl groups is 1. The molecule has 3 N–H and O–H groups in total. The number of likely N-dealkylation sites (N-methyl/N-ethyl adjacent to an activating group) is 1. The first-order valence-electron chi connectivity index (χ1n) is 7.58. The van der Waals surface area contributed by atoms with Crippen molar-refractivity contribution in [3.8, 4) is 5.75 Å². The molecule has 1 aromatic heterocycles. The van der Waals surface area contributed by atoms with Gasteiger partial charge in [0.05, 0.1) is 5.56 Å². The van der Waals surface area contributed by atoms with Crippen LogP contribution in [0.3, 0.4) is 0 Å². The molecule has 0 bridgehead atoms. The van der Waals surface area contributed by atoms with Crippen molar-refractivity contribution in [2.75, 3.05) is 20.2 Å². The molecule has 6 nitrogen and oxygen atoms in total. The minimum Gasteiger partial charge on any atom is -0.491 e. The van der Waals surface area contributed by atoms with Crippen LogP contribution in [0.5, 0.6) is 5.75 Å². The number of amides is 1. The van der Waals surface area contributed by atoms with Gasteiger partial charge in [-0.25, -0.2) is 4.98 Å². The predicted octanol–water partition coefficient (Wildman–Crippen LogP) is 2.55. The number of alkyl halides is 3. The maximum absolute atomic E-state index is 12.5. The summed E-state index contributed by atoms with van der Waals surface area (Å²) in [7, 11) is 1.51. The molecular weight excluding hydrogens is 407 g/mol. The molecule has 0 aliphatic heterocycles. The average molecular weight is 426 g/mol. The molecular formula is C16H19ClF3N3O3S.